The average molecular weight is 136 g/mol. The number of pyridine rings is 1. The molecule has 0 saturated carbocycles. The summed E-state index contributed by atoms with van der Waals surface area (Å²) >= 11 is 0. The highest BCUT2D eigenvalue weighted by Gasteiger charge is 1.93. The van der Waals surface area contributed by atoms with E-state index in [0.29, 0.717) is 12.2 Å². The van der Waals surface area contributed by atoms with Crippen molar-refractivity contribution in [3.05, 3.63) is 23.9 Å². The highest BCUT2D eigenvalue weighted by Crippen LogP contribution is 2.06. The number of aryl methyl sites for hydroxylation is 1. The summed E-state index contributed by atoms with van der Waals surface area (Å²) in [7, 11) is 0. The van der Waals surface area contributed by atoms with Gasteiger partial charge in [0.15, 0.2) is 0 Å². The molecule has 1 aromatic rings. The lowest BCUT2D eigenvalue weighted by Gasteiger charge is -1.98. The zero-order valence-electron chi connectivity index (χ0n) is 5.66. The fourth-order valence-corrected chi connectivity index (χ4v) is 0.693. The van der Waals surface area contributed by atoms with E-state index in [0.717, 1.165) is 5.56 Å². The Hall–Kier alpha value is -1.38. The third kappa shape index (κ3) is 1.31. The predicted molar refractivity (Wildman–Crippen MR) is 38.7 cm³/mol. The maximum absolute atomic E-state index is 9.98. The molecule has 0 atom stereocenters. The SMILES string of the molecule is Cc1cccnc1NC=O. The van der Waals surface area contributed by atoms with Gasteiger partial charge < -0.3 is 5.32 Å². The van der Waals surface area contributed by atoms with E-state index in [1.165, 1.54) is 0 Å². The number of amides is 1. The van der Waals surface area contributed by atoms with Crippen LogP contribution in [-0.2, 0) is 4.79 Å². The number of hydrogen-bond acceptors (Lipinski definition) is 2. The quantitative estimate of drug-likeness (QED) is 0.615. The van der Waals surface area contributed by atoms with Gasteiger partial charge in [0.1, 0.15) is 5.82 Å². The Morgan fingerprint density at radius 1 is 1.70 bits per heavy atom. The summed E-state index contributed by atoms with van der Waals surface area (Å²) in [5.41, 5.74) is 0.967. The van der Waals surface area contributed by atoms with Crippen LogP contribution in [0.2, 0.25) is 0 Å². The van der Waals surface area contributed by atoms with Crippen LogP contribution in [0.1, 0.15) is 5.56 Å². The van der Waals surface area contributed by atoms with Gasteiger partial charge in [0.05, 0.1) is 0 Å². The number of hydrogen-bond donors (Lipinski definition) is 1. The molecule has 3 nitrogen and oxygen atoms in total. The van der Waals surface area contributed by atoms with E-state index in [2.05, 4.69) is 10.3 Å². The minimum Gasteiger partial charge on any atom is -0.313 e. The van der Waals surface area contributed by atoms with Crippen molar-refractivity contribution in [3.63, 3.8) is 0 Å². The van der Waals surface area contributed by atoms with Crippen molar-refractivity contribution in [2.75, 3.05) is 5.32 Å². The first-order valence-corrected chi connectivity index (χ1v) is 2.96. The summed E-state index contributed by atoms with van der Waals surface area (Å²) in [6.45, 7) is 1.89. The van der Waals surface area contributed by atoms with Crippen LogP contribution in [0, 0.1) is 6.92 Å². The molecule has 0 aliphatic rings. The van der Waals surface area contributed by atoms with Crippen molar-refractivity contribution in [2.45, 2.75) is 6.92 Å². The van der Waals surface area contributed by atoms with Crippen molar-refractivity contribution in [2.24, 2.45) is 0 Å². The van der Waals surface area contributed by atoms with Crippen LogP contribution in [0.3, 0.4) is 0 Å². The second kappa shape index (κ2) is 2.96. The molecule has 0 fully saturated rings. The molecular formula is C7H8N2O. The van der Waals surface area contributed by atoms with Crippen molar-refractivity contribution in [1.29, 1.82) is 0 Å². The third-order valence-corrected chi connectivity index (χ3v) is 1.21. The van der Waals surface area contributed by atoms with Crippen LogP contribution in [0.4, 0.5) is 5.82 Å². The summed E-state index contributed by atoms with van der Waals surface area (Å²) in [6, 6.07) is 3.71. The lowest BCUT2D eigenvalue weighted by atomic mass is 10.3. The number of carbonyl (C=O) groups excluding carboxylic acids is 1. The molecule has 0 radical (unpaired) electrons. The Labute approximate surface area is 59.1 Å². The summed E-state index contributed by atoms with van der Waals surface area (Å²) in [5, 5.41) is 2.48. The highest BCUT2D eigenvalue weighted by molar-refractivity contribution is 5.70. The molecule has 10 heavy (non-hydrogen) atoms. The molecule has 1 rings (SSSR count). The van der Waals surface area contributed by atoms with Crippen LogP contribution < -0.4 is 5.32 Å². The minimum atomic E-state index is 0.620. The number of anilines is 1. The molecule has 1 heterocycles. The molecule has 1 aromatic heterocycles. The smallest absolute Gasteiger partial charge is 0.212 e. The monoisotopic (exact) mass is 136 g/mol. The molecule has 1 N–H and O–H groups in total. The Bertz CT molecular complexity index is 235. The maximum Gasteiger partial charge on any atom is 0.212 e. The average Bonchev–Trinajstić information content (AvgIpc) is 1.94. The van der Waals surface area contributed by atoms with E-state index in [4.69, 9.17) is 0 Å². The Morgan fingerprint density at radius 2 is 2.50 bits per heavy atom. The normalized spacial score (nSPS) is 8.90. The number of rotatable bonds is 2. The molecule has 52 valence electrons. The van der Waals surface area contributed by atoms with E-state index in [-0.39, 0.29) is 0 Å². The van der Waals surface area contributed by atoms with Crippen LogP contribution in [0.5, 0.6) is 0 Å². The number of nitrogens with zero attached hydrogens (tertiary/aromatic N) is 1. The van der Waals surface area contributed by atoms with Gasteiger partial charge in [-0.3, -0.25) is 4.79 Å². The molecule has 0 aliphatic carbocycles. The van der Waals surface area contributed by atoms with E-state index in [1.54, 1.807) is 6.20 Å². The molecule has 0 spiro atoms. The molecular weight excluding hydrogens is 128 g/mol. The fourth-order valence-electron chi connectivity index (χ4n) is 0.693. The first kappa shape index (κ1) is 6.74. The van der Waals surface area contributed by atoms with Crippen molar-refractivity contribution in [3.8, 4) is 0 Å². The second-order valence-corrected chi connectivity index (χ2v) is 1.93. The standard InChI is InChI=1S/C7H8N2O/c1-6-3-2-4-8-7(6)9-5-10/h2-5H,1H3,(H,8,9,10). The molecule has 0 unspecified atom stereocenters. The van der Waals surface area contributed by atoms with Crippen molar-refractivity contribution < 1.29 is 4.79 Å². The number of aromatic nitrogens is 1. The van der Waals surface area contributed by atoms with Gasteiger partial charge in [0.2, 0.25) is 6.41 Å². The Balaban J connectivity index is 2.91. The van der Waals surface area contributed by atoms with Gasteiger partial charge in [-0.2, -0.15) is 0 Å². The molecule has 0 aromatic carbocycles. The molecule has 1 amide bonds. The maximum atomic E-state index is 9.98. The first-order valence-electron chi connectivity index (χ1n) is 2.96. The highest BCUT2D eigenvalue weighted by atomic mass is 16.1. The molecule has 3 heteroatoms. The van der Waals surface area contributed by atoms with Gasteiger partial charge in [0, 0.05) is 6.20 Å². The number of nitrogens with one attached hydrogen (secondary N) is 1. The summed E-state index contributed by atoms with van der Waals surface area (Å²) in [5.74, 6) is 0.623. The van der Waals surface area contributed by atoms with Crippen LogP contribution in [0.25, 0.3) is 0 Å². The van der Waals surface area contributed by atoms with Gasteiger partial charge in [-0.05, 0) is 18.6 Å². The zero-order valence-corrected chi connectivity index (χ0v) is 5.66. The largest absolute Gasteiger partial charge is 0.313 e. The van der Waals surface area contributed by atoms with Crippen molar-refractivity contribution >= 4 is 12.2 Å². The van der Waals surface area contributed by atoms with Crippen LogP contribution in [0.15, 0.2) is 18.3 Å². The molecule has 0 aliphatic heterocycles. The summed E-state index contributed by atoms with van der Waals surface area (Å²) in [6.07, 6.45) is 2.26. The van der Waals surface area contributed by atoms with Gasteiger partial charge in [-0.25, -0.2) is 4.98 Å². The summed E-state index contributed by atoms with van der Waals surface area (Å²) in [4.78, 5) is 13.9. The zero-order chi connectivity index (χ0) is 7.40. The van der Waals surface area contributed by atoms with E-state index >= 15 is 0 Å². The van der Waals surface area contributed by atoms with E-state index in [9.17, 15) is 4.79 Å². The molecule has 0 bridgehead atoms. The van der Waals surface area contributed by atoms with Gasteiger partial charge >= 0.3 is 0 Å². The van der Waals surface area contributed by atoms with Gasteiger partial charge in [0.25, 0.3) is 0 Å². The van der Waals surface area contributed by atoms with Gasteiger partial charge in [-0.1, -0.05) is 6.07 Å². The fraction of sp³-hybridized carbons (Fsp3) is 0.143. The van der Waals surface area contributed by atoms with Crippen molar-refractivity contribution in [1.82, 2.24) is 4.98 Å². The Morgan fingerprint density at radius 3 is 3.10 bits per heavy atom. The number of carbonyl (C=O) groups is 1. The topological polar surface area (TPSA) is 42.0 Å². The predicted octanol–water partition coefficient (Wildman–Crippen LogP) is 0.958. The third-order valence-electron chi connectivity index (χ3n) is 1.21. The molecule has 0 saturated heterocycles. The van der Waals surface area contributed by atoms with Crippen LogP contribution in [-0.4, -0.2) is 11.4 Å². The van der Waals surface area contributed by atoms with Crippen LogP contribution >= 0.6 is 0 Å². The minimum absolute atomic E-state index is 0.620. The van der Waals surface area contributed by atoms with Gasteiger partial charge in [-0.15, -0.1) is 0 Å². The lowest BCUT2D eigenvalue weighted by molar-refractivity contribution is -0.105. The lowest BCUT2D eigenvalue weighted by Crippen LogP contribution is -1.98. The van der Waals surface area contributed by atoms with E-state index in [1.807, 2.05) is 19.1 Å². The Kier molecular flexibility index (Phi) is 1.99. The first-order chi connectivity index (χ1) is 4.84. The van der Waals surface area contributed by atoms with E-state index < -0.39 is 0 Å². The summed E-state index contributed by atoms with van der Waals surface area (Å²) < 4.78 is 0. The second-order valence-electron chi connectivity index (χ2n) is 1.93.